The Morgan fingerprint density at radius 1 is 1.29 bits per heavy atom. The molecule has 0 aromatic carbocycles. The molecule has 1 aromatic rings. The Labute approximate surface area is 110 Å². The van der Waals surface area contributed by atoms with Crippen LogP contribution < -0.4 is 5.32 Å². The predicted octanol–water partition coefficient (Wildman–Crippen LogP) is 4.10. The topological polar surface area (TPSA) is 12.0 Å². The Morgan fingerprint density at radius 3 is 2.82 bits per heavy atom. The first kappa shape index (κ1) is 13.1. The third kappa shape index (κ3) is 4.11. The molecule has 96 valence electrons. The maximum atomic E-state index is 3.54. The number of hydrogen-bond acceptors (Lipinski definition) is 2. The van der Waals surface area contributed by atoms with Crippen molar-refractivity contribution in [1.82, 2.24) is 5.32 Å². The molecule has 0 aliphatic heterocycles. The maximum Gasteiger partial charge on any atom is -0.00180 e. The molecule has 1 heterocycles. The van der Waals surface area contributed by atoms with Crippen molar-refractivity contribution in [3.05, 3.63) is 22.4 Å². The predicted molar refractivity (Wildman–Crippen MR) is 76.6 cm³/mol. The van der Waals surface area contributed by atoms with Gasteiger partial charge in [0.15, 0.2) is 0 Å². The number of thiophene rings is 1. The van der Waals surface area contributed by atoms with Gasteiger partial charge in [0, 0.05) is 0 Å². The van der Waals surface area contributed by atoms with Crippen LogP contribution in [0.5, 0.6) is 0 Å². The molecule has 1 saturated carbocycles. The minimum atomic E-state index is 0.933. The SMILES string of the molecule is CCNCC1CCCCC1CCc1ccsc1. The molecule has 1 nitrogen and oxygen atoms in total. The van der Waals surface area contributed by atoms with Gasteiger partial charge in [0.2, 0.25) is 0 Å². The van der Waals surface area contributed by atoms with Gasteiger partial charge in [0.05, 0.1) is 0 Å². The monoisotopic (exact) mass is 251 g/mol. The Hall–Kier alpha value is -0.340. The molecular formula is C15H25NS. The smallest absolute Gasteiger partial charge is 0.00180 e. The number of hydrogen-bond donors (Lipinski definition) is 1. The first-order valence-corrected chi connectivity index (χ1v) is 8.06. The lowest BCUT2D eigenvalue weighted by molar-refractivity contribution is 0.219. The van der Waals surface area contributed by atoms with Crippen LogP contribution in [-0.2, 0) is 6.42 Å². The van der Waals surface area contributed by atoms with E-state index in [0.29, 0.717) is 0 Å². The molecule has 1 fully saturated rings. The van der Waals surface area contributed by atoms with E-state index in [9.17, 15) is 0 Å². The minimum Gasteiger partial charge on any atom is -0.317 e. The van der Waals surface area contributed by atoms with Gasteiger partial charge in [-0.1, -0.05) is 26.2 Å². The Bertz CT molecular complexity index is 294. The van der Waals surface area contributed by atoms with Gasteiger partial charge in [0.1, 0.15) is 0 Å². The molecular weight excluding hydrogens is 226 g/mol. The van der Waals surface area contributed by atoms with Gasteiger partial charge in [-0.25, -0.2) is 0 Å². The summed E-state index contributed by atoms with van der Waals surface area (Å²) in [5.41, 5.74) is 1.54. The molecule has 2 unspecified atom stereocenters. The van der Waals surface area contributed by atoms with Gasteiger partial charge in [-0.05, 0) is 66.6 Å². The van der Waals surface area contributed by atoms with Gasteiger partial charge in [-0.2, -0.15) is 11.3 Å². The summed E-state index contributed by atoms with van der Waals surface area (Å²) < 4.78 is 0. The van der Waals surface area contributed by atoms with Crippen molar-refractivity contribution in [3.8, 4) is 0 Å². The lowest BCUT2D eigenvalue weighted by Crippen LogP contribution is -2.30. The summed E-state index contributed by atoms with van der Waals surface area (Å²) in [5, 5.41) is 8.05. The van der Waals surface area contributed by atoms with Gasteiger partial charge < -0.3 is 5.32 Å². The summed E-state index contributed by atoms with van der Waals surface area (Å²) in [7, 11) is 0. The second kappa shape index (κ2) is 7.17. The standard InChI is InChI=1S/C15H25NS/c1-2-16-11-15-6-4-3-5-14(15)8-7-13-9-10-17-12-13/h9-10,12,14-16H,2-8,11H2,1H3. The van der Waals surface area contributed by atoms with Gasteiger partial charge >= 0.3 is 0 Å². The Morgan fingerprint density at radius 2 is 2.12 bits per heavy atom. The lowest BCUT2D eigenvalue weighted by Gasteiger charge is -2.31. The molecule has 2 rings (SSSR count). The highest BCUT2D eigenvalue weighted by molar-refractivity contribution is 7.07. The van der Waals surface area contributed by atoms with E-state index in [4.69, 9.17) is 0 Å². The molecule has 1 aliphatic carbocycles. The highest BCUT2D eigenvalue weighted by Gasteiger charge is 2.24. The van der Waals surface area contributed by atoms with Crippen LogP contribution in [0, 0.1) is 11.8 Å². The first-order valence-electron chi connectivity index (χ1n) is 7.12. The van der Waals surface area contributed by atoms with Crippen molar-refractivity contribution in [1.29, 1.82) is 0 Å². The normalized spacial score (nSPS) is 25.0. The quantitative estimate of drug-likeness (QED) is 0.803. The fraction of sp³-hybridized carbons (Fsp3) is 0.733. The summed E-state index contributed by atoms with van der Waals surface area (Å²) in [4.78, 5) is 0. The summed E-state index contributed by atoms with van der Waals surface area (Å²) in [6.45, 7) is 4.57. The number of aryl methyl sites for hydroxylation is 1. The van der Waals surface area contributed by atoms with Crippen LogP contribution in [0.4, 0.5) is 0 Å². The molecule has 0 saturated heterocycles. The van der Waals surface area contributed by atoms with Crippen LogP contribution in [0.3, 0.4) is 0 Å². The van der Waals surface area contributed by atoms with Gasteiger partial charge in [-0.3, -0.25) is 0 Å². The Kier molecular flexibility index (Phi) is 5.53. The van der Waals surface area contributed by atoms with E-state index >= 15 is 0 Å². The van der Waals surface area contributed by atoms with Crippen molar-refractivity contribution in [3.63, 3.8) is 0 Å². The molecule has 1 aliphatic rings. The number of rotatable bonds is 6. The molecule has 0 spiro atoms. The molecule has 0 radical (unpaired) electrons. The van der Waals surface area contributed by atoms with Crippen LogP contribution in [0.1, 0.15) is 44.6 Å². The van der Waals surface area contributed by atoms with Crippen LogP contribution in [0.15, 0.2) is 16.8 Å². The zero-order valence-corrected chi connectivity index (χ0v) is 11.8. The van der Waals surface area contributed by atoms with E-state index in [0.717, 1.165) is 18.4 Å². The van der Waals surface area contributed by atoms with Crippen molar-refractivity contribution in [2.75, 3.05) is 13.1 Å². The van der Waals surface area contributed by atoms with Crippen LogP contribution >= 0.6 is 11.3 Å². The van der Waals surface area contributed by atoms with Crippen molar-refractivity contribution >= 4 is 11.3 Å². The summed E-state index contributed by atoms with van der Waals surface area (Å²) in [6.07, 6.45) is 8.49. The number of nitrogens with one attached hydrogen (secondary N) is 1. The molecule has 2 heteroatoms. The fourth-order valence-corrected chi connectivity index (χ4v) is 3.75. The molecule has 0 bridgehead atoms. The van der Waals surface area contributed by atoms with E-state index in [2.05, 4.69) is 29.1 Å². The highest BCUT2D eigenvalue weighted by Crippen LogP contribution is 2.33. The molecule has 2 atom stereocenters. The molecule has 1 N–H and O–H groups in total. The second-order valence-corrected chi connectivity index (χ2v) is 6.06. The van der Waals surface area contributed by atoms with Crippen LogP contribution in [-0.4, -0.2) is 13.1 Å². The fourth-order valence-electron chi connectivity index (χ4n) is 3.05. The van der Waals surface area contributed by atoms with E-state index < -0.39 is 0 Å². The molecule has 0 amide bonds. The zero-order chi connectivity index (χ0) is 11.9. The largest absolute Gasteiger partial charge is 0.317 e. The Balaban J connectivity index is 1.79. The third-order valence-electron chi connectivity index (χ3n) is 4.11. The summed E-state index contributed by atoms with van der Waals surface area (Å²) >= 11 is 1.83. The van der Waals surface area contributed by atoms with Crippen molar-refractivity contribution in [2.24, 2.45) is 11.8 Å². The third-order valence-corrected chi connectivity index (χ3v) is 4.84. The van der Waals surface area contributed by atoms with E-state index in [1.807, 2.05) is 11.3 Å². The van der Waals surface area contributed by atoms with E-state index in [1.165, 1.54) is 45.1 Å². The lowest BCUT2D eigenvalue weighted by atomic mass is 9.76. The van der Waals surface area contributed by atoms with Crippen LogP contribution in [0.25, 0.3) is 0 Å². The first-order chi connectivity index (χ1) is 8.40. The maximum absolute atomic E-state index is 3.54. The summed E-state index contributed by atoms with van der Waals surface area (Å²) in [6, 6.07) is 2.28. The molecule has 1 aromatic heterocycles. The average molecular weight is 251 g/mol. The van der Waals surface area contributed by atoms with Crippen LogP contribution in [0.2, 0.25) is 0 Å². The average Bonchev–Trinajstić information content (AvgIpc) is 2.88. The van der Waals surface area contributed by atoms with Crippen molar-refractivity contribution in [2.45, 2.75) is 45.4 Å². The van der Waals surface area contributed by atoms with E-state index in [-0.39, 0.29) is 0 Å². The molecule has 17 heavy (non-hydrogen) atoms. The second-order valence-electron chi connectivity index (χ2n) is 5.28. The van der Waals surface area contributed by atoms with Gasteiger partial charge in [-0.15, -0.1) is 0 Å². The van der Waals surface area contributed by atoms with Gasteiger partial charge in [0.25, 0.3) is 0 Å². The zero-order valence-electron chi connectivity index (χ0n) is 11.0. The van der Waals surface area contributed by atoms with Crippen molar-refractivity contribution < 1.29 is 0 Å². The summed E-state index contributed by atoms with van der Waals surface area (Å²) in [5.74, 6) is 1.89. The highest BCUT2D eigenvalue weighted by atomic mass is 32.1. The minimum absolute atomic E-state index is 0.933. The van der Waals surface area contributed by atoms with E-state index in [1.54, 1.807) is 5.56 Å².